The highest BCUT2D eigenvalue weighted by Gasteiger charge is 2.22. The number of carbonyl (C=O) groups is 2. The third kappa shape index (κ3) is 12.7. The van der Waals surface area contributed by atoms with Crippen molar-refractivity contribution in [2.45, 2.75) is 52.4 Å². The van der Waals surface area contributed by atoms with Crippen LogP contribution in [0.2, 0.25) is 0 Å². The van der Waals surface area contributed by atoms with Crippen molar-refractivity contribution in [2.75, 3.05) is 59.8 Å². The Morgan fingerprint density at radius 2 is 1.32 bits per heavy atom. The van der Waals surface area contributed by atoms with Gasteiger partial charge in [-0.05, 0) is 76.1 Å². The lowest BCUT2D eigenvalue weighted by Gasteiger charge is -2.25. The van der Waals surface area contributed by atoms with Gasteiger partial charge in [-0.25, -0.2) is 0 Å². The third-order valence-electron chi connectivity index (χ3n) is 6.62. The minimum atomic E-state index is -3.07. The molecule has 0 saturated carbocycles. The zero-order valence-corrected chi connectivity index (χ0v) is 26.0. The molecule has 0 N–H and O–H groups in total. The van der Waals surface area contributed by atoms with E-state index in [0.717, 1.165) is 57.4 Å². The van der Waals surface area contributed by atoms with Crippen LogP contribution in [0.5, 0.6) is 11.5 Å². The molecule has 1 aromatic rings. The normalized spacial score (nSPS) is 16.2. The molecule has 2 saturated heterocycles. The van der Waals surface area contributed by atoms with E-state index in [0.29, 0.717) is 24.7 Å². The van der Waals surface area contributed by atoms with E-state index in [9.17, 15) is 14.2 Å². The van der Waals surface area contributed by atoms with Crippen LogP contribution in [-0.2, 0) is 23.2 Å². The molecule has 10 heteroatoms. The van der Waals surface area contributed by atoms with Gasteiger partial charge in [-0.15, -0.1) is 0 Å². The van der Waals surface area contributed by atoms with Gasteiger partial charge < -0.3 is 28.3 Å². The van der Waals surface area contributed by atoms with Crippen molar-refractivity contribution >= 4 is 25.5 Å². The Balaban J connectivity index is 0.000000290. The van der Waals surface area contributed by atoms with Crippen molar-refractivity contribution in [1.82, 2.24) is 9.80 Å². The predicted octanol–water partition coefficient (Wildman–Crippen LogP) is 6.11. The lowest BCUT2D eigenvalue weighted by atomic mass is 10.1. The van der Waals surface area contributed by atoms with Gasteiger partial charge in [0, 0.05) is 32.3 Å². The van der Waals surface area contributed by atoms with Crippen molar-refractivity contribution < 1.29 is 32.7 Å². The first-order valence-electron chi connectivity index (χ1n) is 14.5. The lowest BCUT2D eigenvalue weighted by Crippen LogP contribution is -2.34. The highest BCUT2D eigenvalue weighted by Crippen LogP contribution is 2.47. The molecule has 2 amide bonds. The zero-order valence-electron chi connectivity index (χ0n) is 25.1. The molecule has 2 fully saturated rings. The summed E-state index contributed by atoms with van der Waals surface area (Å²) in [6.07, 6.45) is 17.2. The van der Waals surface area contributed by atoms with E-state index in [4.69, 9.17) is 18.5 Å². The smallest absolute Gasteiger partial charge is 0.334 e. The Morgan fingerprint density at radius 1 is 0.780 bits per heavy atom. The first kappa shape index (κ1) is 34.3. The molecule has 9 nitrogen and oxygen atoms in total. The van der Waals surface area contributed by atoms with E-state index in [1.807, 2.05) is 40.2 Å². The number of allylic oxidation sites excluding steroid dienone is 3. The SMILES string of the molecule is CCOP(=O)(C/C=C/C(=O)N1CCCCC1)OCC.COc1ccc(/C=C/C=C/C(=O)N2CCCCC2)cc1OC. The average Bonchev–Trinajstić information content (AvgIpc) is 3.00. The maximum absolute atomic E-state index is 12.2. The summed E-state index contributed by atoms with van der Waals surface area (Å²) in [5.41, 5.74) is 0.993. The second kappa shape index (κ2) is 19.3. The second-order valence-corrected chi connectivity index (χ2v) is 11.7. The largest absolute Gasteiger partial charge is 0.493 e. The van der Waals surface area contributed by atoms with Crippen molar-refractivity contribution in [2.24, 2.45) is 0 Å². The molecule has 2 aliphatic heterocycles. The minimum absolute atomic E-state index is 0.0146. The van der Waals surface area contributed by atoms with Crippen LogP contribution in [0.25, 0.3) is 6.08 Å². The summed E-state index contributed by atoms with van der Waals surface area (Å²) >= 11 is 0. The third-order valence-corrected chi connectivity index (χ3v) is 8.58. The molecule has 0 unspecified atom stereocenters. The fourth-order valence-electron chi connectivity index (χ4n) is 4.52. The number of likely N-dealkylation sites (tertiary alicyclic amines) is 2. The first-order valence-corrected chi connectivity index (χ1v) is 16.3. The highest BCUT2D eigenvalue weighted by molar-refractivity contribution is 7.54. The molecular formula is C31H47N2O7P. The Labute approximate surface area is 245 Å². The summed E-state index contributed by atoms with van der Waals surface area (Å²) in [5, 5.41) is 0. The van der Waals surface area contributed by atoms with E-state index >= 15 is 0 Å². The van der Waals surface area contributed by atoms with Crippen LogP contribution < -0.4 is 9.47 Å². The monoisotopic (exact) mass is 590 g/mol. The number of ether oxygens (including phenoxy) is 2. The number of methoxy groups -OCH3 is 2. The molecule has 0 spiro atoms. The first-order chi connectivity index (χ1) is 19.9. The van der Waals surface area contributed by atoms with Gasteiger partial charge in [-0.2, -0.15) is 0 Å². The fraction of sp³-hybridized carbons (Fsp3) is 0.548. The summed E-state index contributed by atoms with van der Waals surface area (Å²) < 4.78 is 32.9. The number of hydrogen-bond acceptors (Lipinski definition) is 7. The molecule has 228 valence electrons. The molecule has 3 rings (SSSR count). The molecule has 41 heavy (non-hydrogen) atoms. The van der Waals surface area contributed by atoms with Crippen molar-refractivity contribution in [3.05, 3.63) is 54.1 Å². The maximum Gasteiger partial charge on any atom is 0.334 e. The van der Waals surface area contributed by atoms with Crippen LogP contribution in [0.4, 0.5) is 0 Å². The predicted molar refractivity (Wildman–Crippen MR) is 163 cm³/mol. The summed E-state index contributed by atoms with van der Waals surface area (Å²) in [7, 11) is 0.154. The van der Waals surface area contributed by atoms with Crippen LogP contribution in [0.15, 0.2) is 48.6 Å². The second-order valence-electron chi connectivity index (χ2n) is 9.64. The summed E-state index contributed by atoms with van der Waals surface area (Å²) in [4.78, 5) is 27.6. The van der Waals surface area contributed by atoms with Gasteiger partial charge in [0.1, 0.15) is 0 Å². The summed E-state index contributed by atoms with van der Waals surface area (Å²) in [5.74, 6) is 1.48. The van der Waals surface area contributed by atoms with Gasteiger partial charge in [0.05, 0.1) is 33.6 Å². The van der Waals surface area contributed by atoms with Gasteiger partial charge in [0.15, 0.2) is 11.5 Å². The maximum atomic E-state index is 12.2. The number of amides is 2. The molecular weight excluding hydrogens is 543 g/mol. The molecule has 2 aliphatic rings. The number of nitrogens with zero attached hydrogens (tertiary/aromatic N) is 2. The van der Waals surface area contributed by atoms with Gasteiger partial charge >= 0.3 is 7.60 Å². The van der Waals surface area contributed by atoms with Crippen LogP contribution in [0.1, 0.15) is 57.9 Å². The molecule has 0 radical (unpaired) electrons. The number of benzene rings is 1. The number of piperidine rings is 2. The highest BCUT2D eigenvalue weighted by atomic mass is 31.2. The molecule has 0 aliphatic carbocycles. The standard InChI is InChI=1S/C18H23NO3.C13H24NO4P/c1-21-16-11-10-15(14-17(16)22-2)8-4-5-9-18(20)19-12-6-3-7-13-19;1-3-17-19(16,18-4-2)12-8-9-13(15)14-10-6-5-7-11-14/h4-5,8-11,14H,3,6-7,12-13H2,1-2H3;8-9H,3-7,10-12H2,1-2H3/b8-4+,9-5+;9-8+. The van der Waals surface area contributed by atoms with E-state index in [1.54, 1.807) is 46.3 Å². The average molecular weight is 591 g/mol. The molecule has 2 heterocycles. The number of rotatable bonds is 12. The van der Waals surface area contributed by atoms with Crippen molar-refractivity contribution in [1.29, 1.82) is 0 Å². The van der Waals surface area contributed by atoms with Crippen LogP contribution in [-0.4, -0.2) is 81.4 Å². The summed E-state index contributed by atoms with van der Waals surface area (Å²) in [6, 6.07) is 5.70. The lowest BCUT2D eigenvalue weighted by molar-refractivity contribution is -0.127. The Hall–Kier alpha value is -2.87. The molecule has 1 aromatic carbocycles. The van der Waals surface area contributed by atoms with Crippen LogP contribution in [0.3, 0.4) is 0 Å². The Kier molecular flexibility index (Phi) is 16.2. The number of carbonyl (C=O) groups excluding carboxylic acids is 2. The van der Waals surface area contributed by atoms with Gasteiger partial charge in [-0.3, -0.25) is 14.2 Å². The van der Waals surface area contributed by atoms with Crippen LogP contribution in [0, 0.1) is 0 Å². The van der Waals surface area contributed by atoms with E-state index < -0.39 is 7.60 Å². The van der Waals surface area contributed by atoms with E-state index in [2.05, 4.69) is 0 Å². The molecule has 0 bridgehead atoms. The van der Waals surface area contributed by atoms with Crippen molar-refractivity contribution in [3.8, 4) is 11.5 Å². The van der Waals surface area contributed by atoms with E-state index in [1.165, 1.54) is 18.9 Å². The van der Waals surface area contributed by atoms with Crippen molar-refractivity contribution in [3.63, 3.8) is 0 Å². The minimum Gasteiger partial charge on any atom is -0.493 e. The molecule has 0 aromatic heterocycles. The van der Waals surface area contributed by atoms with Gasteiger partial charge in [0.25, 0.3) is 0 Å². The number of hydrogen-bond donors (Lipinski definition) is 0. The Morgan fingerprint density at radius 3 is 1.83 bits per heavy atom. The fourth-order valence-corrected chi connectivity index (χ4v) is 5.95. The summed E-state index contributed by atoms with van der Waals surface area (Å²) in [6.45, 7) is 7.61. The Bertz CT molecular complexity index is 1060. The van der Waals surface area contributed by atoms with Gasteiger partial charge in [-0.1, -0.05) is 30.4 Å². The van der Waals surface area contributed by atoms with Crippen LogP contribution >= 0.6 is 7.60 Å². The molecule has 0 atom stereocenters. The topological polar surface area (TPSA) is 94.6 Å². The zero-order chi connectivity index (χ0) is 29.9. The van der Waals surface area contributed by atoms with E-state index in [-0.39, 0.29) is 18.0 Å². The quantitative estimate of drug-likeness (QED) is 0.165. The van der Waals surface area contributed by atoms with Gasteiger partial charge in [0.2, 0.25) is 11.8 Å².